The Morgan fingerprint density at radius 2 is 1.94 bits per heavy atom. The first-order chi connectivity index (χ1) is 8.49. The summed E-state index contributed by atoms with van der Waals surface area (Å²) in [5.41, 5.74) is 6.61. The van der Waals surface area contributed by atoms with Crippen LogP contribution in [0, 0.1) is 0 Å². The molecule has 0 aliphatic heterocycles. The van der Waals surface area contributed by atoms with Crippen LogP contribution < -0.4 is 5.73 Å². The van der Waals surface area contributed by atoms with Gasteiger partial charge in [-0.05, 0) is 44.0 Å². The van der Waals surface area contributed by atoms with E-state index in [1.54, 1.807) is 18.3 Å². The Morgan fingerprint density at radius 1 is 1.22 bits per heavy atom. The van der Waals surface area contributed by atoms with Crippen molar-refractivity contribution in [3.8, 4) is 0 Å². The smallest absolute Gasteiger partial charge is 0.129 e. The van der Waals surface area contributed by atoms with Gasteiger partial charge in [-0.15, -0.1) is 0 Å². The second-order valence-corrected chi connectivity index (χ2v) is 5.76. The topological polar surface area (TPSA) is 72.0 Å². The lowest BCUT2D eigenvalue weighted by Crippen LogP contribution is -2.07. The van der Waals surface area contributed by atoms with E-state index in [1.165, 1.54) is 6.20 Å². The quantitative estimate of drug-likeness (QED) is 0.821. The molecule has 2 heterocycles. The van der Waals surface area contributed by atoms with Gasteiger partial charge >= 0.3 is 0 Å². The molecule has 2 aromatic heterocycles. The van der Waals surface area contributed by atoms with Gasteiger partial charge in [0.15, 0.2) is 0 Å². The predicted octanol–water partition coefficient (Wildman–Crippen LogP) is 3.32. The molecule has 0 saturated carbocycles. The van der Waals surface area contributed by atoms with Crippen LogP contribution in [0.3, 0.4) is 0 Å². The molecule has 2 rings (SSSR count). The van der Waals surface area contributed by atoms with Crippen molar-refractivity contribution >= 4 is 49.3 Å². The van der Waals surface area contributed by atoms with Crippen molar-refractivity contribution in [1.29, 1.82) is 0 Å². The number of nitrogen functional groups attached to an aromatic ring is 1. The van der Waals surface area contributed by atoms with Crippen molar-refractivity contribution in [3.05, 3.63) is 49.8 Å². The van der Waals surface area contributed by atoms with Gasteiger partial charge in [-0.3, -0.25) is 4.98 Å². The maximum Gasteiger partial charge on any atom is 0.129 e. The van der Waals surface area contributed by atoms with Crippen molar-refractivity contribution in [2.24, 2.45) is 0 Å². The number of nitrogens with two attached hydrogens (primary N) is 1. The average Bonchev–Trinajstić information content (AvgIpc) is 2.31. The Bertz CT molecular complexity index is 594. The number of hydrogen-bond acceptors (Lipinski definition) is 4. The highest BCUT2D eigenvalue weighted by Gasteiger charge is 2.19. The molecule has 0 radical (unpaired) electrons. The summed E-state index contributed by atoms with van der Waals surface area (Å²) in [6.45, 7) is 0. The Kier molecular flexibility index (Phi) is 4.21. The summed E-state index contributed by atoms with van der Waals surface area (Å²) >= 11 is 12.5. The SMILES string of the molecule is Nc1ncc(Cl)cc1C(O)c1ncc(Br)cc1Br. The van der Waals surface area contributed by atoms with E-state index in [0.29, 0.717) is 20.8 Å². The Labute approximate surface area is 125 Å². The second kappa shape index (κ2) is 5.52. The molecule has 1 unspecified atom stereocenters. The number of aromatic nitrogens is 2. The summed E-state index contributed by atoms with van der Waals surface area (Å²) in [6, 6.07) is 3.37. The lowest BCUT2D eigenvalue weighted by Gasteiger charge is -2.14. The van der Waals surface area contributed by atoms with E-state index in [0.717, 1.165) is 4.47 Å². The number of halogens is 3. The lowest BCUT2D eigenvalue weighted by atomic mass is 10.1. The third-order valence-electron chi connectivity index (χ3n) is 2.31. The molecule has 0 fully saturated rings. The molecule has 7 heteroatoms. The molecule has 4 nitrogen and oxygen atoms in total. The van der Waals surface area contributed by atoms with Crippen LogP contribution in [0.25, 0.3) is 0 Å². The molecule has 0 saturated heterocycles. The van der Waals surface area contributed by atoms with Crippen LogP contribution in [0.15, 0.2) is 33.5 Å². The average molecular weight is 393 g/mol. The van der Waals surface area contributed by atoms with Gasteiger partial charge in [0, 0.05) is 26.9 Å². The van der Waals surface area contributed by atoms with E-state index in [-0.39, 0.29) is 5.82 Å². The highest BCUT2D eigenvalue weighted by molar-refractivity contribution is 9.11. The van der Waals surface area contributed by atoms with E-state index in [1.807, 2.05) is 0 Å². The lowest BCUT2D eigenvalue weighted by molar-refractivity contribution is 0.215. The van der Waals surface area contributed by atoms with Crippen molar-refractivity contribution in [2.75, 3.05) is 5.73 Å². The molecular weight excluding hydrogens is 385 g/mol. The standard InChI is InChI=1S/C11H8Br2ClN3O/c12-5-1-8(13)9(16-3-5)10(18)7-2-6(14)4-17-11(7)15/h1-4,10,18H,(H2,15,17). The summed E-state index contributed by atoms with van der Waals surface area (Å²) in [4.78, 5) is 8.06. The van der Waals surface area contributed by atoms with Gasteiger partial charge in [0.1, 0.15) is 11.9 Å². The summed E-state index contributed by atoms with van der Waals surface area (Å²) in [5.74, 6) is 0.225. The van der Waals surface area contributed by atoms with Gasteiger partial charge in [0.2, 0.25) is 0 Å². The molecule has 18 heavy (non-hydrogen) atoms. The maximum atomic E-state index is 10.3. The number of rotatable bonds is 2. The zero-order valence-corrected chi connectivity index (χ0v) is 12.9. The summed E-state index contributed by atoms with van der Waals surface area (Å²) in [6.07, 6.45) is 2.04. The minimum atomic E-state index is -0.987. The van der Waals surface area contributed by atoms with Crippen molar-refractivity contribution in [2.45, 2.75) is 6.10 Å². The van der Waals surface area contributed by atoms with Crippen LogP contribution in [0.4, 0.5) is 5.82 Å². The van der Waals surface area contributed by atoms with Crippen molar-refractivity contribution in [1.82, 2.24) is 9.97 Å². The monoisotopic (exact) mass is 391 g/mol. The Morgan fingerprint density at radius 3 is 2.61 bits per heavy atom. The fourth-order valence-corrected chi connectivity index (χ4v) is 2.83. The molecule has 0 aliphatic carbocycles. The Hall–Kier alpha value is -0.690. The molecule has 0 aromatic carbocycles. The summed E-state index contributed by atoms with van der Waals surface area (Å²) in [7, 11) is 0. The van der Waals surface area contributed by atoms with Crippen LogP contribution in [-0.4, -0.2) is 15.1 Å². The Balaban J connectivity index is 2.47. The van der Waals surface area contributed by atoms with Crippen LogP contribution in [0.1, 0.15) is 17.4 Å². The third kappa shape index (κ3) is 2.83. The van der Waals surface area contributed by atoms with Gasteiger partial charge in [-0.2, -0.15) is 0 Å². The number of pyridine rings is 2. The van der Waals surface area contributed by atoms with E-state index in [9.17, 15) is 5.11 Å². The molecule has 0 aliphatic rings. The molecule has 0 bridgehead atoms. The molecule has 1 atom stereocenters. The number of nitrogens with zero attached hydrogens (tertiary/aromatic N) is 2. The van der Waals surface area contributed by atoms with Crippen LogP contribution in [0.5, 0.6) is 0 Å². The largest absolute Gasteiger partial charge is 0.383 e. The van der Waals surface area contributed by atoms with E-state index < -0.39 is 6.10 Å². The number of hydrogen-bond donors (Lipinski definition) is 2. The molecule has 2 aromatic rings. The summed E-state index contributed by atoms with van der Waals surface area (Å²) < 4.78 is 1.48. The van der Waals surface area contributed by atoms with Crippen LogP contribution in [0.2, 0.25) is 5.02 Å². The zero-order valence-electron chi connectivity index (χ0n) is 8.94. The third-order valence-corrected chi connectivity index (χ3v) is 3.58. The van der Waals surface area contributed by atoms with Crippen LogP contribution in [-0.2, 0) is 0 Å². The zero-order chi connectivity index (χ0) is 13.3. The second-order valence-electron chi connectivity index (χ2n) is 3.55. The van der Waals surface area contributed by atoms with E-state index >= 15 is 0 Å². The maximum absolute atomic E-state index is 10.3. The fraction of sp³-hybridized carbons (Fsp3) is 0.0909. The van der Waals surface area contributed by atoms with Gasteiger partial charge in [-0.25, -0.2) is 4.98 Å². The highest BCUT2D eigenvalue weighted by Crippen LogP contribution is 2.31. The highest BCUT2D eigenvalue weighted by atomic mass is 79.9. The minimum absolute atomic E-state index is 0.225. The first-order valence-corrected chi connectivity index (χ1v) is 6.85. The van der Waals surface area contributed by atoms with Crippen molar-refractivity contribution < 1.29 is 5.11 Å². The molecule has 94 valence electrons. The van der Waals surface area contributed by atoms with Gasteiger partial charge in [0.25, 0.3) is 0 Å². The number of aliphatic hydroxyl groups excluding tert-OH is 1. The number of anilines is 1. The van der Waals surface area contributed by atoms with E-state index in [2.05, 4.69) is 41.8 Å². The first kappa shape index (κ1) is 13.7. The van der Waals surface area contributed by atoms with E-state index in [4.69, 9.17) is 17.3 Å². The normalized spacial score (nSPS) is 12.4. The van der Waals surface area contributed by atoms with Crippen molar-refractivity contribution in [3.63, 3.8) is 0 Å². The fourth-order valence-electron chi connectivity index (χ4n) is 1.46. The van der Waals surface area contributed by atoms with Gasteiger partial charge < -0.3 is 10.8 Å². The van der Waals surface area contributed by atoms with Crippen LogP contribution >= 0.6 is 43.5 Å². The predicted molar refractivity (Wildman–Crippen MR) is 77.4 cm³/mol. The molecule has 0 spiro atoms. The first-order valence-electron chi connectivity index (χ1n) is 4.89. The molecular formula is C11H8Br2ClN3O. The number of aliphatic hydroxyl groups is 1. The minimum Gasteiger partial charge on any atom is -0.383 e. The van der Waals surface area contributed by atoms with Gasteiger partial charge in [0.05, 0.1) is 10.7 Å². The summed E-state index contributed by atoms with van der Waals surface area (Å²) in [5, 5.41) is 10.7. The molecule has 3 N–H and O–H groups in total. The van der Waals surface area contributed by atoms with Gasteiger partial charge in [-0.1, -0.05) is 11.6 Å². The molecule has 0 amide bonds.